The van der Waals surface area contributed by atoms with Gasteiger partial charge in [0.25, 0.3) is 0 Å². The Morgan fingerprint density at radius 1 is 1.60 bits per heavy atom. The lowest BCUT2D eigenvalue weighted by Gasteiger charge is -2.21. The summed E-state index contributed by atoms with van der Waals surface area (Å²) in [6, 6.07) is -0.725. The fourth-order valence-corrected chi connectivity index (χ4v) is 2.38. The number of nitro groups is 1. The van der Waals surface area contributed by atoms with Crippen LogP contribution in [0.2, 0.25) is 0 Å². The Morgan fingerprint density at radius 2 is 2.30 bits per heavy atom. The van der Waals surface area contributed by atoms with Crippen molar-refractivity contribution in [3.8, 4) is 0 Å². The molecule has 108 valence electrons. The normalized spacial score (nSPS) is 23.0. The lowest BCUT2D eigenvalue weighted by atomic mass is 10.1. The Kier molecular flexibility index (Phi) is 4.04. The van der Waals surface area contributed by atoms with Gasteiger partial charge in [0.05, 0.1) is 11.0 Å². The maximum absolute atomic E-state index is 13.8. The maximum Gasteiger partial charge on any atom is 0.331 e. The van der Waals surface area contributed by atoms with Crippen LogP contribution >= 0.6 is 0 Å². The van der Waals surface area contributed by atoms with E-state index in [2.05, 4.69) is 15.1 Å². The molecule has 0 radical (unpaired) electrons. The van der Waals surface area contributed by atoms with Crippen molar-refractivity contribution < 1.29 is 9.31 Å². The predicted octanol–water partition coefficient (Wildman–Crippen LogP) is 1.95. The second-order valence-electron chi connectivity index (χ2n) is 4.59. The van der Waals surface area contributed by atoms with Gasteiger partial charge in [-0.25, -0.2) is 9.07 Å². The van der Waals surface area contributed by atoms with Gasteiger partial charge in [-0.15, -0.1) is 0 Å². The number of aromatic nitrogens is 2. The van der Waals surface area contributed by atoms with Gasteiger partial charge in [0, 0.05) is 25.0 Å². The molecule has 1 aromatic rings. The topological polar surface area (TPSA) is 113 Å². The molecule has 0 amide bonds. The van der Waals surface area contributed by atoms with Gasteiger partial charge in [-0.3, -0.25) is 10.1 Å². The van der Waals surface area contributed by atoms with E-state index in [-0.39, 0.29) is 12.1 Å². The largest absolute Gasteiger partial charge is 0.351 e. The number of hydrogen-bond donors (Lipinski definition) is 0. The zero-order valence-corrected chi connectivity index (χ0v) is 10.9. The van der Waals surface area contributed by atoms with E-state index in [1.165, 1.54) is 10.9 Å². The predicted molar refractivity (Wildman–Crippen MR) is 69.1 cm³/mol. The van der Waals surface area contributed by atoms with E-state index in [0.29, 0.717) is 25.3 Å². The summed E-state index contributed by atoms with van der Waals surface area (Å²) in [4.78, 5) is 14.8. The fraction of sp³-hybridized carbons (Fsp3) is 0.700. The summed E-state index contributed by atoms with van der Waals surface area (Å²) < 4.78 is 15.2. The van der Waals surface area contributed by atoms with Crippen molar-refractivity contribution in [1.82, 2.24) is 9.78 Å². The minimum Gasteiger partial charge on any atom is -0.351 e. The third-order valence-electron chi connectivity index (χ3n) is 3.37. The molecule has 0 aliphatic carbocycles. The zero-order valence-electron chi connectivity index (χ0n) is 10.9. The minimum atomic E-state index is -1.23. The van der Waals surface area contributed by atoms with E-state index < -0.39 is 17.1 Å². The van der Waals surface area contributed by atoms with Crippen molar-refractivity contribution in [3.05, 3.63) is 26.8 Å². The van der Waals surface area contributed by atoms with Gasteiger partial charge in [0.15, 0.2) is 0 Å². The molecule has 0 saturated carbocycles. The van der Waals surface area contributed by atoms with Crippen LogP contribution in [0.3, 0.4) is 0 Å². The maximum atomic E-state index is 13.8. The summed E-state index contributed by atoms with van der Waals surface area (Å²) in [6.45, 7) is 0.698. The highest BCUT2D eigenvalue weighted by Gasteiger charge is 2.30. The molecular weight excluding hydrogens is 269 g/mol. The smallest absolute Gasteiger partial charge is 0.331 e. The van der Waals surface area contributed by atoms with E-state index in [0.717, 1.165) is 0 Å². The van der Waals surface area contributed by atoms with E-state index in [4.69, 9.17) is 5.53 Å². The molecule has 0 unspecified atom stereocenters. The lowest BCUT2D eigenvalue weighted by Crippen LogP contribution is -2.27. The van der Waals surface area contributed by atoms with E-state index in [1.807, 2.05) is 0 Å². The Morgan fingerprint density at radius 3 is 2.95 bits per heavy atom. The van der Waals surface area contributed by atoms with E-state index in [9.17, 15) is 14.5 Å². The molecule has 1 aliphatic rings. The molecule has 0 bridgehead atoms. The van der Waals surface area contributed by atoms with Crippen molar-refractivity contribution in [2.24, 2.45) is 12.2 Å². The molecular formula is C10H14FN7O2. The van der Waals surface area contributed by atoms with Gasteiger partial charge < -0.3 is 4.90 Å². The van der Waals surface area contributed by atoms with Crippen molar-refractivity contribution >= 4 is 11.5 Å². The molecule has 2 atom stereocenters. The lowest BCUT2D eigenvalue weighted by molar-refractivity contribution is -0.384. The number of nitrogens with zero attached hydrogens (tertiary/aromatic N) is 7. The van der Waals surface area contributed by atoms with Gasteiger partial charge in [-0.1, -0.05) is 5.11 Å². The Hall–Kier alpha value is -2.35. The summed E-state index contributed by atoms with van der Waals surface area (Å²) in [7, 11) is 1.60. The average Bonchev–Trinajstić information content (AvgIpc) is 2.70. The summed E-state index contributed by atoms with van der Waals surface area (Å²) in [5, 5.41) is 18.3. The molecule has 1 saturated heterocycles. The van der Waals surface area contributed by atoms with Gasteiger partial charge >= 0.3 is 5.69 Å². The highest BCUT2D eigenvalue weighted by atomic mass is 19.1. The number of rotatable bonds is 3. The molecule has 20 heavy (non-hydrogen) atoms. The van der Waals surface area contributed by atoms with Crippen LogP contribution in [0.15, 0.2) is 11.3 Å². The molecule has 1 fully saturated rings. The van der Waals surface area contributed by atoms with Crippen LogP contribution in [0.25, 0.3) is 10.4 Å². The third-order valence-corrected chi connectivity index (χ3v) is 3.37. The van der Waals surface area contributed by atoms with Gasteiger partial charge in [-0.2, -0.15) is 5.10 Å². The first-order valence-corrected chi connectivity index (χ1v) is 6.14. The molecule has 10 heteroatoms. The number of alkyl halides is 1. The monoisotopic (exact) mass is 283 g/mol. The molecule has 0 aromatic carbocycles. The van der Waals surface area contributed by atoms with Crippen molar-refractivity contribution in [1.29, 1.82) is 0 Å². The van der Waals surface area contributed by atoms with Crippen LogP contribution in [0.5, 0.6) is 0 Å². The van der Waals surface area contributed by atoms with Crippen LogP contribution in [0.4, 0.5) is 15.9 Å². The molecule has 1 aliphatic heterocycles. The highest BCUT2D eigenvalue weighted by molar-refractivity contribution is 5.57. The second-order valence-corrected chi connectivity index (χ2v) is 4.59. The standard InChI is InChI=1S/C10H14FN7O2/c1-16-10(9(6-13-16)18(19)20)17-4-2-7(11)8(3-5-17)14-15-12/h6-8H,2-5H2,1H3/t7-,8-/m1/s1. The SMILES string of the molecule is Cn1ncc([N+](=O)[O-])c1N1CC[C@@H](F)[C@H](N=[N+]=[N-])CC1. The first-order valence-electron chi connectivity index (χ1n) is 6.14. The quantitative estimate of drug-likeness (QED) is 0.277. The van der Waals surface area contributed by atoms with Crippen molar-refractivity contribution in [2.45, 2.75) is 25.1 Å². The van der Waals surface area contributed by atoms with Crippen LogP contribution in [-0.4, -0.2) is 40.0 Å². The van der Waals surface area contributed by atoms with Crippen LogP contribution in [0.1, 0.15) is 12.8 Å². The fourth-order valence-electron chi connectivity index (χ4n) is 2.38. The van der Waals surface area contributed by atoms with Gasteiger partial charge in [0.2, 0.25) is 5.82 Å². The van der Waals surface area contributed by atoms with Crippen molar-refractivity contribution in [2.75, 3.05) is 18.0 Å². The zero-order chi connectivity index (χ0) is 14.7. The van der Waals surface area contributed by atoms with Crippen LogP contribution < -0.4 is 4.90 Å². The Bertz CT molecular complexity index is 554. The van der Waals surface area contributed by atoms with Crippen LogP contribution in [-0.2, 0) is 7.05 Å². The van der Waals surface area contributed by atoms with Crippen molar-refractivity contribution in [3.63, 3.8) is 0 Å². The number of aryl methyl sites for hydroxylation is 1. The molecule has 2 rings (SSSR count). The molecule has 9 nitrogen and oxygen atoms in total. The first kappa shape index (κ1) is 14.1. The van der Waals surface area contributed by atoms with Gasteiger partial charge in [0.1, 0.15) is 12.4 Å². The molecule has 0 N–H and O–H groups in total. The molecule has 1 aromatic heterocycles. The first-order chi connectivity index (χ1) is 9.54. The Labute approximate surface area is 113 Å². The highest BCUT2D eigenvalue weighted by Crippen LogP contribution is 2.30. The minimum absolute atomic E-state index is 0.106. The van der Waals surface area contributed by atoms with E-state index >= 15 is 0 Å². The Balaban J connectivity index is 2.24. The van der Waals surface area contributed by atoms with E-state index in [1.54, 1.807) is 11.9 Å². The molecule has 2 heterocycles. The van der Waals surface area contributed by atoms with Crippen LogP contribution in [0, 0.1) is 10.1 Å². The number of hydrogen-bond acceptors (Lipinski definition) is 5. The summed E-state index contributed by atoms with van der Waals surface area (Å²) in [5.74, 6) is 0.351. The summed E-state index contributed by atoms with van der Waals surface area (Å²) in [6.07, 6.45) is 0.417. The number of halogens is 1. The third kappa shape index (κ3) is 2.64. The molecule has 0 spiro atoms. The summed E-state index contributed by atoms with van der Waals surface area (Å²) in [5.41, 5.74) is 8.31. The second kappa shape index (κ2) is 5.74. The van der Waals surface area contributed by atoms with Gasteiger partial charge in [-0.05, 0) is 18.4 Å². The average molecular weight is 283 g/mol. The number of anilines is 1. The summed E-state index contributed by atoms with van der Waals surface area (Å²) >= 11 is 0. The number of azide groups is 1.